The molecule has 8 heteroatoms. The van der Waals surface area contributed by atoms with Gasteiger partial charge in [0.1, 0.15) is 22.9 Å². The van der Waals surface area contributed by atoms with Crippen LogP contribution in [-0.4, -0.2) is 44.5 Å². The molecule has 0 bridgehead atoms. The lowest BCUT2D eigenvalue weighted by Gasteiger charge is -2.11. The van der Waals surface area contributed by atoms with Crippen LogP contribution < -0.4 is 0 Å². The fourth-order valence-corrected chi connectivity index (χ4v) is 2.81. The molecule has 1 aliphatic rings. The molecule has 2 aromatic heterocycles. The minimum absolute atomic E-state index is 0.161. The van der Waals surface area contributed by atoms with Crippen molar-refractivity contribution in [3.63, 3.8) is 0 Å². The molecule has 1 aliphatic heterocycles. The summed E-state index contributed by atoms with van der Waals surface area (Å²) in [5, 5.41) is 12.1. The van der Waals surface area contributed by atoms with Crippen molar-refractivity contribution in [2.24, 2.45) is 0 Å². The zero-order valence-corrected chi connectivity index (χ0v) is 13.6. The lowest BCUT2D eigenvalue weighted by atomic mass is 10.2. The number of para-hydroxylation sites is 1. The number of nitrogens with zero attached hydrogens (tertiary/aromatic N) is 4. The van der Waals surface area contributed by atoms with E-state index in [0.29, 0.717) is 29.5 Å². The Bertz CT molecular complexity index is 891. The molecule has 130 valence electrons. The molecule has 1 fully saturated rings. The first-order chi connectivity index (χ1) is 12.1. The predicted octanol–water partition coefficient (Wildman–Crippen LogP) is 2.60. The summed E-state index contributed by atoms with van der Waals surface area (Å²) in [6, 6.07) is 8.82. The monoisotopic (exact) mass is 344 g/mol. The number of hydrogen-bond acceptors (Lipinski definition) is 5. The molecule has 3 heterocycles. The maximum Gasteiger partial charge on any atom is 0.290 e. The summed E-state index contributed by atoms with van der Waals surface area (Å²) in [4.78, 5) is 17.3. The van der Waals surface area contributed by atoms with E-state index in [-0.39, 0.29) is 18.3 Å². The number of pyridine rings is 1. The van der Waals surface area contributed by atoms with Crippen LogP contribution in [-0.2, 0) is 9.53 Å². The summed E-state index contributed by atoms with van der Waals surface area (Å²) in [6.45, 7) is 2.94. The van der Waals surface area contributed by atoms with Gasteiger partial charge in [-0.2, -0.15) is 5.10 Å². The minimum Gasteiger partial charge on any atom is -0.483 e. The zero-order valence-electron chi connectivity index (χ0n) is 13.6. The van der Waals surface area contributed by atoms with Crippen LogP contribution in [0.2, 0.25) is 0 Å². The van der Waals surface area contributed by atoms with Gasteiger partial charge < -0.3 is 9.84 Å². The molecule has 3 aromatic rings. The number of halogens is 1. The Balaban J connectivity index is 0.000000569. The van der Waals surface area contributed by atoms with Gasteiger partial charge in [0.2, 0.25) is 0 Å². The topological polar surface area (TPSA) is 90.1 Å². The number of aryl methyl sites for hydroxylation is 1. The molecule has 7 nitrogen and oxygen atoms in total. The minimum atomic E-state index is -0.327. The molecule has 0 amide bonds. The van der Waals surface area contributed by atoms with Crippen molar-refractivity contribution < 1.29 is 19.0 Å². The van der Waals surface area contributed by atoms with Gasteiger partial charge in [0, 0.05) is 12.0 Å². The molecule has 25 heavy (non-hydrogen) atoms. The second-order valence-corrected chi connectivity index (χ2v) is 5.56. The highest BCUT2D eigenvalue weighted by Crippen LogP contribution is 2.26. The Hall–Kier alpha value is -2.87. The van der Waals surface area contributed by atoms with Gasteiger partial charge in [-0.05, 0) is 25.5 Å². The maximum absolute atomic E-state index is 14.0. The molecule has 1 unspecified atom stereocenters. The van der Waals surface area contributed by atoms with Crippen molar-refractivity contribution >= 4 is 17.4 Å². The van der Waals surface area contributed by atoms with E-state index in [4.69, 9.17) is 14.6 Å². The van der Waals surface area contributed by atoms with E-state index in [1.807, 2.05) is 29.8 Å². The van der Waals surface area contributed by atoms with E-state index in [2.05, 4.69) is 15.1 Å². The van der Waals surface area contributed by atoms with Crippen molar-refractivity contribution in [2.75, 3.05) is 13.2 Å². The van der Waals surface area contributed by atoms with Gasteiger partial charge in [0.05, 0.1) is 12.6 Å². The number of rotatable bonds is 2. The first kappa shape index (κ1) is 17.0. The van der Waals surface area contributed by atoms with Crippen LogP contribution in [0.3, 0.4) is 0 Å². The predicted molar refractivity (Wildman–Crippen MR) is 88.6 cm³/mol. The third-order valence-electron chi connectivity index (χ3n) is 3.89. The van der Waals surface area contributed by atoms with Gasteiger partial charge in [-0.15, -0.1) is 0 Å². The van der Waals surface area contributed by atoms with Crippen LogP contribution in [0.1, 0.15) is 18.3 Å². The largest absolute Gasteiger partial charge is 0.483 e. The third-order valence-corrected chi connectivity index (χ3v) is 3.89. The van der Waals surface area contributed by atoms with E-state index in [1.165, 1.54) is 6.07 Å². The van der Waals surface area contributed by atoms with Crippen molar-refractivity contribution in [3.05, 3.63) is 42.0 Å². The number of ether oxygens (including phenoxy) is 1. The van der Waals surface area contributed by atoms with Crippen LogP contribution >= 0.6 is 0 Å². The standard InChI is InChI=1S/C16H15FN4O.CH2O2/c1-10-18-16(21(20-10)12-7-8-22-9-12)14-6-5-11-3-2-4-13(17)15(11)19-14;2-1-3/h2-6,12H,7-9H2,1H3;1H,(H,2,3). The summed E-state index contributed by atoms with van der Waals surface area (Å²) >= 11 is 0. The zero-order chi connectivity index (χ0) is 17.8. The highest BCUT2D eigenvalue weighted by Gasteiger charge is 2.23. The molecule has 0 aliphatic carbocycles. The van der Waals surface area contributed by atoms with Gasteiger partial charge in [0.15, 0.2) is 5.82 Å². The number of carbonyl (C=O) groups is 1. The first-order valence-electron chi connectivity index (χ1n) is 7.78. The van der Waals surface area contributed by atoms with Crippen molar-refractivity contribution in [1.82, 2.24) is 19.7 Å². The fraction of sp³-hybridized carbons (Fsp3) is 0.294. The SMILES string of the molecule is Cc1nc(-c2ccc3cccc(F)c3n2)n(C2CCOC2)n1.O=CO. The van der Waals surface area contributed by atoms with Crippen LogP contribution in [0.25, 0.3) is 22.4 Å². The van der Waals surface area contributed by atoms with Crippen molar-refractivity contribution in [1.29, 1.82) is 0 Å². The quantitative estimate of drug-likeness (QED) is 0.719. The van der Waals surface area contributed by atoms with Gasteiger partial charge >= 0.3 is 0 Å². The van der Waals surface area contributed by atoms with E-state index in [9.17, 15) is 4.39 Å². The summed E-state index contributed by atoms with van der Waals surface area (Å²) < 4.78 is 21.3. The second kappa shape index (κ2) is 7.35. The lowest BCUT2D eigenvalue weighted by Crippen LogP contribution is -2.12. The summed E-state index contributed by atoms with van der Waals surface area (Å²) in [6.07, 6.45) is 0.901. The molecule has 0 spiro atoms. The highest BCUT2D eigenvalue weighted by atomic mass is 19.1. The molecule has 1 atom stereocenters. The van der Waals surface area contributed by atoms with Crippen molar-refractivity contribution in [3.8, 4) is 11.5 Å². The molecular weight excluding hydrogens is 327 g/mol. The molecule has 1 N–H and O–H groups in total. The Labute approximate surface area is 143 Å². The number of aromatic nitrogens is 4. The Morgan fingerprint density at radius 2 is 2.12 bits per heavy atom. The number of benzene rings is 1. The lowest BCUT2D eigenvalue weighted by molar-refractivity contribution is -0.122. The van der Waals surface area contributed by atoms with Gasteiger partial charge in [-0.1, -0.05) is 18.2 Å². The maximum atomic E-state index is 14.0. The van der Waals surface area contributed by atoms with Crippen LogP contribution in [0.4, 0.5) is 4.39 Å². The van der Waals surface area contributed by atoms with E-state index < -0.39 is 0 Å². The van der Waals surface area contributed by atoms with E-state index >= 15 is 0 Å². The van der Waals surface area contributed by atoms with Gasteiger partial charge in [-0.3, -0.25) is 4.79 Å². The van der Waals surface area contributed by atoms with E-state index in [1.54, 1.807) is 6.07 Å². The Kier molecular flexibility index (Phi) is 4.99. The van der Waals surface area contributed by atoms with Gasteiger partial charge in [0.25, 0.3) is 6.47 Å². The smallest absolute Gasteiger partial charge is 0.290 e. The summed E-state index contributed by atoms with van der Waals surface area (Å²) in [5.41, 5.74) is 0.986. The molecule has 1 saturated heterocycles. The number of carboxylic acid groups (broad SMARTS) is 1. The number of fused-ring (bicyclic) bond motifs is 1. The Morgan fingerprint density at radius 1 is 1.32 bits per heavy atom. The Morgan fingerprint density at radius 3 is 2.84 bits per heavy atom. The molecular formula is C17H17FN4O3. The summed E-state index contributed by atoms with van der Waals surface area (Å²) in [7, 11) is 0. The van der Waals surface area contributed by atoms with E-state index in [0.717, 1.165) is 18.4 Å². The summed E-state index contributed by atoms with van der Waals surface area (Å²) in [5.74, 6) is 1.02. The van der Waals surface area contributed by atoms with Crippen LogP contribution in [0.15, 0.2) is 30.3 Å². The van der Waals surface area contributed by atoms with Crippen LogP contribution in [0.5, 0.6) is 0 Å². The van der Waals surface area contributed by atoms with Crippen LogP contribution in [0, 0.1) is 12.7 Å². The normalized spacial score (nSPS) is 16.5. The third kappa shape index (κ3) is 3.48. The molecule has 0 saturated carbocycles. The van der Waals surface area contributed by atoms with Crippen molar-refractivity contribution in [2.45, 2.75) is 19.4 Å². The second-order valence-electron chi connectivity index (χ2n) is 5.56. The number of hydrogen-bond donors (Lipinski definition) is 1. The molecule has 1 aromatic carbocycles. The first-order valence-corrected chi connectivity index (χ1v) is 7.78. The van der Waals surface area contributed by atoms with Gasteiger partial charge in [-0.25, -0.2) is 19.0 Å². The fourth-order valence-electron chi connectivity index (χ4n) is 2.81. The molecule has 0 radical (unpaired) electrons. The average Bonchev–Trinajstić information content (AvgIpc) is 3.25. The molecule has 4 rings (SSSR count). The average molecular weight is 344 g/mol. The highest BCUT2D eigenvalue weighted by molar-refractivity contribution is 5.81.